The zero-order valence-electron chi connectivity index (χ0n) is 11.4. The van der Waals surface area contributed by atoms with Crippen LogP contribution in [0.15, 0.2) is 30.3 Å². The second kappa shape index (κ2) is 5.54. The molecule has 110 valence electrons. The lowest BCUT2D eigenvalue weighted by atomic mass is 9.97. The van der Waals surface area contributed by atoms with Gasteiger partial charge in [0.2, 0.25) is 0 Å². The van der Waals surface area contributed by atoms with Gasteiger partial charge in [-0.25, -0.2) is 4.39 Å². The minimum Gasteiger partial charge on any atom is -0.486 e. The van der Waals surface area contributed by atoms with E-state index in [0.717, 1.165) is 0 Å². The number of aliphatic hydroxyl groups is 1. The quantitative estimate of drug-likeness (QED) is 0.920. The van der Waals surface area contributed by atoms with Gasteiger partial charge in [0.15, 0.2) is 11.5 Å². The van der Waals surface area contributed by atoms with Crippen LogP contribution >= 0.6 is 11.6 Å². The number of aliphatic hydroxyl groups excluding tert-OH is 1. The summed E-state index contributed by atoms with van der Waals surface area (Å²) < 4.78 is 24.1. The SMILES string of the molecule is Cc1cc(F)ccc1C(O)c1cc(Cl)c2c(c1)OCCO2. The van der Waals surface area contributed by atoms with Crippen molar-refractivity contribution in [1.82, 2.24) is 0 Å². The van der Waals surface area contributed by atoms with E-state index in [1.807, 2.05) is 0 Å². The first-order valence-corrected chi connectivity index (χ1v) is 6.97. The summed E-state index contributed by atoms with van der Waals surface area (Å²) in [5, 5.41) is 10.9. The van der Waals surface area contributed by atoms with Gasteiger partial charge >= 0.3 is 0 Å². The summed E-state index contributed by atoms with van der Waals surface area (Å²) in [6.45, 7) is 2.64. The largest absolute Gasteiger partial charge is 0.486 e. The molecule has 2 aromatic rings. The number of hydrogen-bond donors (Lipinski definition) is 1. The molecule has 1 aliphatic rings. The van der Waals surface area contributed by atoms with Crippen molar-refractivity contribution in [3.8, 4) is 11.5 Å². The molecule has 1 unspecified atom stereocenters. The average Bonchev–Trinajstić information content (AvgIpc) is 2.46. The van der Waals surface area contributed by atoms with E-state index in [1.54, 1.807) is 25.1 Å². The van der Waals surface area contributed by atoms with E-state index in [-0.39, 0.29) is 5.82 Å². The molecular formula is C16H14ClFO3. The molecule has 3 nitrogen and oxygen atoms in total. The van der Waals surface area contributed by atoms with Gasteiger partial charge in [0.1, 0.15) is 25.1 Å². The van der Waals surface area contributed by atoms with E-state index < -0.39 is 6.10 Å². The summed E-state index contributed by atoms with van der Waals surface area (Å²) in [5.41, 5.74) is 1.89. The molecule has 0 saturated heterocycles. The third kappa shape index (κ3) is 2.69. The minimum absolute atomic E-state index is 0.330. The summed E-state index contributed by atoms with van der Waals surface area (Å²) in [6.07, 6.45) is -0.904. The van der Waals surface area contributed by atoms with Gasteiger partial charge in [-0.2, -0.15) is 0 Å². The molecule has 5 heteroatoms. The van der Waals surface area contributed by atoms with E-state index >= 15 is 0 Å². The van der Waals surface area contributed by atoms with Gasteiger partial charge < -0.3 is 14.6 Å². The molecule has 1 heterocycles. The van der Waals surface area contributed by atoms with Crippen LogP contribution in [0.2, 0.25) is 5.02 Å². The molecule has 0 aromatic heterocycles. The molecule has 3 rings (SSSR count). The Hall–Kier alpha value is -1.78. The lowest BCUT2D eigenvalue weighted by Gasteiger charge is -2.22. The molecule has 0 amide bonds. The molecule has 21 heavy (non-hydrogen) atoms. The Bertz CT molecular complexity index is 687. The standard InChI is InChI=1S/C16H14ClFO3/c1-9-6-11(18)2-3-12(9)15(19)10-7-13(17)16-14(8-10)20-4-5-21-16/h2-3,6-8,15,19H,4-5H2,1H3. The van der Waals surface area contributed by atoms with Crippen LogP contribution in [0, 0.1) is 12.7 Å². The predicted octanol–water partition coefficient (Wildman–Crippen LogP) is 3.64. The Balaban J connectivity index is 2.01. The van der Waals surface area contributed by atoms with E-state index in [0.29, 0.717) is 46.4 Å². The third-order valence-electron chi connectivity index (χ3n) is 3.46. The van der Waals surface area contributed by atoms with Crippen LogP contribution in [0.1, 0.15) is 22.8 Å². The second-order valence-electron chi connectivity index (χ2n) is 4.93. The maximum Gasteiger partial charge on any atom is 0.179 e. The highest BCUT2D eigenvalue weighted by Crippen LogP contribution is 2.40. The first-order valence-electron chi connectivity index (χ1n) is 6.59. The van der Waals surface area contributed by atoms with Crippen molar-refractivity contribution in [2.24, 2.45) is 0 Å². The van der Waals surface area contributed by atoms with Gasteiger partial charge in [-0.3, -0.25) is 0 Å². The number of benzene rings is 2. The maximum atomic E-state index is 13.2. The molecule has 0 bridgehead atoms. The van der Waals surface area contributed by atoms with E-state index in [1.165, 1.54) is 12.1 Å². The number of ether oxygens (including phenoxy) is 2. The molecule has 0 radical (unpaired) electrons. The van der Waals surface area contributed by atoms with Crippen LogP contribution in [-0.2, 0) is 0 Å². The number of aryl methyl sites for hydroxylation is 1. The van der Waals surface area contributed by atoms with Gasteiger partial charge in [-0.1, -0.05) is 17.7 Å². The van der Waals surface area contributed by atoms with Crippen molar-refractivity contribution in [3.05, 3.63) is 57.9 Å². The fraction of sp³-hybridized carbons (Fsp3) is 0.250. The second-order valence-corrected chi connectivity index (χ2v) is 5.34. The van der Waals surface area contributed by atoms with Crippen LogP contribution in [0.25, 0.3) is 0 Å². The molecule has 0 aliphatic carbocycles. The molecule has 1 N–H and O–H groups in total. The number of rotatable bonds is 2. The normalized spacial score (nSPS) is 14.9. The van der Waals surface area contributed by atoms with Gasteiger partial charge in [0, 0.05) is 0 Å². The van der Waals surface area contributed by atoms with E-state index in [4.69, 9.17) is 21.1 Å². The van der Waals surface area contributed by atoms with Crippen molar-refractivity contribution in [3.63, 3.8) is 0 Å². The molecule has 0 spiro atoms. The Morgan fingerprint density at radius 2 is 1.95 bits per heavy atom. The van der Waals surface area contributed by atoms with Gasteiger partial charge in [0.25, 0.3) is 0 Å². The topological polar surface area (TPSA) is 38.7 Å². The molecule has 0 fully saturated rings. The molecule has 1 aliphatic heterocycles. The predicted molar refractivity (Wildman–Crippen MR) is 77.6 cm³/mol. The number of hydrogen-bond acceptors (Lipinski definition) is 3. The number of halogens is 2. The van der Waals surface area contributed by atoms with Gasteiger partial charge in [-0.15, -0.1) is 0 Å². The molecular weight excluding hydrogens is 295 g/mol. The van der Waals surface area contributed by atoms with Crippen LogP contribution in [0.3, 0.4) is 0 Å². The minimum atomic E-state index is -0.904. The van der Waals surface area contributed by atoms with Crippen LogP contribution in [0.5, 0.6) is 11.5 Å². The monoisotopic (exact) mass is 308 g/mol. The highest BCUT2D eigenvalue weighted by Gasteiger charge is 2.21. The third-order valence-corrected chi connectivity index (χ3v) is 3.74. The molecule has 1 atom stereocenters. The summed E-state index contributed by atoms with van der Waals surface area (Å²) in [7, 11) is 0. The van der Waals surface area contributed by atoms with E-state index in [9.17, 15) is 9.50 Å². The first kappa shape index (κ1) is 14.2. The Labute approximate surface area is 126 Å². The van der Waals surface area contributed by atoms with Crippen LogP contribution in [0.4, 0.5) is 4.39 Å². The van der Waals surface area contributed by atoms with E-state index in [2.05, 4.69) is 0 Å². The summed E-state index contributed by atoms with van der Waals surface area (Å²) in [4.78, 5) is 0. The summed E-state index contributed by atoms with van der Waals surface area (Å²) >= 11 is 6.17. The lowest BCUT2D eigenvalue weighted by molar-refractivity contribution is 0.170. The fourth-order valence-electron chi connectivity index (χ4n) is 2.41. The molecule has 2 aromatic carbocycles. The smallest absolute Gasteiger partial charge is 0.179 e. The van der Waals surface area contributed by atoms with Crippen molar-refractivity contribution < 1.29 is 19.0 Å². The highest BCUT2D eigenvalue weighted by atomic mass is 35.5. The fourth-order valence-corrected chi connectivity index (χ4v) is 2.69. The molecule has 0 saturated carbocycles. The van der Waals surface area contributed by atoms with Gasteiger partial charge in [-0.05, 0) is 47.9 Å². The Morgan fingerprint density at radius 1 is 1.19 bits per heavy atom. The highest BCUT2D eigenvalue weighted by molar-refractivity contribution is 6.32. The van der Waals surface area contributed by atoms with Crippen molar-refractivity contribution >= 4 is 11.6 Å². The Kier molecular flexibility index (Phi) is 3.74. The van der Waals surface area contributed by atoms with Crippen molar-refractivity contribution in [1.29, 1.82) is 0 Å². The maximum absolute atomic E-state index is 13.2. The van der Waals surface area contributed by atoms with Crippen LogP contribution < -0.4 is 9.47 Å². The summed E-state index contributed by atoms with van der Waals surface area (Å²) in [6, 6.07) is 7.62. The van der Waals surface area contributed by atoms with Crippen LogP contribution in [-0.4, -0.2) is 18.3 Å². The zero-order chi connectivity index (χ0) is 15.0. The number of fused-ring (bicyclic) bond motifs is 1. The van der Waals surface area contributed by atoms with Crippen molar-refractivity contribution in [2.45, 2.75) is 13.0 Å². The first-order chi connectivity index (χ1) is 10.1. The average molecular weight is 309 g/mol. The van der Waals surface area contributed by atoms with Crippen molar-refractivity contribution in [2.75, 3.05) is 13.2 Å². The summed E-state index contributed by atoms with van der Waals surface area (Å²) in [5.74, 6) is 0.681. The zero-order valence-corrected chi connectivity index (χ0v) is 12.2. The van der Waals surface area contributed by atoms with Gasteiger partial charge in [0.05, 0.1) is 5.02 Å². The lowest BCUT2D eigenvalue weighted by Crippen LogP contribution is -2.16. The Morgan fingerprint density at radius 3 is 2.71 bits per heavy atom.